The molecule has 2 nitrogen and oxygen atoms in total. The lowest BCUT2D eigenvalue weighted by Crippen LogP contribution is -2.21. The molecule has 1 heterocycles. The van der Waals surface area contributed by atoms with E-state index >= 15 is 0 Å². The number of unbranched alkanes of at least 4 members (excludes halogenated alkanes) is 1. The highest BCUT2D eigenvalue weighted by molar-refractivity contribution is 5.81. The summed E-state index contributed by atoms with van der Waals surface area (Å²) in [6, 6.07) is 0. The van der Waals surface area contributed by atoms with Gasteiger partial charge in [0, 0.05) is 12.5 Å². The second-order valence-electron chi connectivity index (χ2n) is 3.34. The number of hydrogen-bond donors (Lipinski definition) is 0. The first kappa shape index (κ1) is 9.30. The van der Waals surface area contributed by atoms with Gasteiger partial charge in [-0.1, -0.05) is 26.3 Å². The molecule has 2 heteroatoms. The second kappa shape index (κ2) is 4.29. The van der Waals surface area contributed by atoms with Crippen LogP contribution in [0.3, 0.4) is 0 Å². The third kappa shape index (κ3) is 1.87. The molecule has 1 aliphatic rings. The summed E-state index contributed by atoms with van der Waals surface area (Å²) in [6.45, 7) is 6.64. The first-order valence-corrected chi connectivity index (χ1v) is 4.72. The smallest absolute Gasteiger partial charge is 0.229 e. The predicted octanol–water partition coefficient (Wildman–Crippen LogP) is 2.17. The summed E-state index contributed by atoms with van der Waals surface area (Å²) in [5.74, 6) is 0.557. The van der Waals surface area contributed by atoms with Crippen LogP contribution in [0.4, 0.5) is 0 Å². The summed E-state index contributed by atoms with van der Waals surface area (Å²) in [5.41, 5.74) is 0. The first-order valence-electron chi connectivity index (χ1n) is 4.72. The van der Waals surface area contributed by atoms with Gasteiger partial charge in [-0.25, -0.2) is 0 Å². The van der Waals surface area contributed by atoms with Crippen LogP contribution in [0.5, 0.6) is 0 Å². The standard InChI is InChI=1S/C10H17NO/c1-3-5-6-9-7-8-11(4-2)10(9)12/h4,9H,2-3,5-8H2,1H3. The average molecular weight is 167 g/mol. The molecule has 1 atom stereocenters. The van der Waals surface area contributed by atoms with Gasteiger partial charge in [0.25, 0.3) is 0 Å². The number of nitrogens with zero attached hydrogens (tertiary/aromatic N) is 1. The van der Waals surface area contributed by atoms with E-state index in [1.807, 2.05) is 0 Å². The number of amides is 1. The molecule has 0 saturated carbocycles. The van der Waals surface area contributed by atoms with E-state index in [9.17, 15) is 4.79 Å². The summed E-state index contributed by atoms with van der Waals surface area (Å²) in [7, 11) is 0. The van der Waals surface area contributed by atoms with Gasteiger partial charge < -0.3 is 4.90 Å². The van der Waals surface area contributed by atoms with E-state index in [0.717, 1.165) is 19.4 Å². The number of hydrogen-bond acceptors (Lipinski definition) is 1. The third-order valence-electron chi connectivity index (χ3n) is 2.48. The average Bonchev–Trinajstić information content (AvgIpc) is 2.43. The lowest BCUT2D eigenvalue weighted by atomic mass is 10.0. The molecular weight excluding hydrogens is 150 g/mol. The fourth-order valence-corrected chi connectivity index (χ4v) is 1.66. The zero-order valence-electron chi connectivity index (χ0n) is 7.75. The molecule has 68 valence electrons. The highest BCUT2D eigenvalue weighted by Gasteiger charge is 2.28. The second-order valence-corrected chi connectivity index (χ2v) is 3.34. The fourth-order valence-electron chi connectivity index (χ4n) is 1.66. The molecule has 1 saturated heterocycles. The summed E-state index contributed by atoms with van der Waals surface area (Å²) in [6.07, 6.45) is 6.07. The molecule has 0 radical (unpaired) electrons. The normalized spacial score (nSPS) is 23.2. The van der Waals surface area contributed by atoms with Crippen molar-refractivity contribution in [1.82, 2.24) is 4.90 Å². The Kier molecular flexibility index (Phi) is 3.32. The van der Waals surface area contributed by atoms with Crippen LogP contribution in [-0.2, 0) is 4.79 Å². The molecule has 0 bridgehead atoms. The molecular formula is C10H17NO. The van der Waals surface area contributed by atoms with E-state index in [0.29, 0.717) is 0 Å². The Morgan fingerprint density at radius 3 is 3.00 bits per heavy atom. The number of rotatable bonds is 4. The zero-order valence-corrected chi connectivity index (χ0v) is 7.75. The van der Waals surface area contributed by atoms with Crippen molar-refractivity contribution in [3.8, 4) is 0 Å². The van der Waals surface area contributed by atoms with Gasteiger partial charge in [0.2, 0.25) is 5.91 Å². The van der Waals surface area contributed by atoms with Crippen LogP contribution in [-0.4, -0.2) is 17.4 Å². The van der Waals surface area contributed by atoms with E-state index in [1.54, 1.807) is 11.1 Å². The Hall–Kier alpha value is -0.790. The Bertz CT molecular complexity index is 177. The van der Waals surface area contributed by atoms with Gasteiger partial charge in [-0.15, -0.1) is 0 Å². The highest BCUT2D eigenvalue weighted by Crippen LogP contribution is 2.22. The van der Waals surface area contributed by atoms with Gasteiger partial charge in [0.15, 0.2) is 0 Å². The van der Waals surface area contributed by atoms with E-state index in [-0.39, 0.29) is 11.8 Å². The molecule has 1 rings (SSSR count). The molecule has 0 N–H and O–H groups in total. The van der Waals surface area contributed by atoms with Crippen LogP contribution in [0, 0.1) is 5.92 Å². The first-order chi connectivity index (χ1) is 5.79. The van der Waals surface area contributed by atoms with Crippen molar-refractivity contribution in [2.45, 2.75) is 32.6 Å². The summed E-state index contributed by atoms with van der Waals surface area (Å²) in [4.78, 5) is 13.2. The van der Waals surface area contributed by atoms with Crippen molar-refractivity contribution in [2.75, 3.05) is 6.54 Å². The minimum Gasteiger partial charge on any atom is -0.319 e. The number of likely N-dealkylation sites (tertiary alicyclic amines) is 1. The molecule has 0 aliphatic carbocycles. The zero-order chi connectivity index (χ0) is 8.97. The summed E-state index contributed by atoms with van der Waals surface area (Å²) in [5, 5.41) is 0. The van der Waals surface area contributed by atoms with Crippen LogP contribution in [0.15, 0.2) is 12.8 Å². The van der Waals surface area contributed by atoms with Crippen molar-refractivity contribution >= 4 is 5.91 Å². The lowest BCUT2D eigenvalue weighted by molar-refractivity contribution is -0.128. The van der Waals surface area contributed by atoms with Crippen molar-refractivity contribution in [3.05, 3.63) is 12.8 Å². The largest absolute Gasteiger partial charge is 0.319 e. The molecule has 1 amide bonds. The molecule has 12 heavy (non-hydrogen) atoms. The van der Waals surface area contributed by atoms with E-state index in [1.165, 1.54) is 12.8 Å². The maximum absolute atomic E-state index is 11.5. The van der Waals surface area contributed by atoms with Gasteiger partial charge in [0.05, 0.1) is 0 Å². The topological polar surface area (TPSA) is 20.3 Å². The minimum absolute atomic E-state index is 0.276. The Balaban J connectivity index is 2.38. The fraction of sp³-hybridized carbons (Fsp3) is 0.700. The van der Waals surface area contributed by atoms with E-state index in [4.69, 9.17) is 0 Å². The number of carbonyl (C=O) groups is 1. The van der Waals surface area contributed by atoms with Crippen molar-refractivity contribution in [3.63, 3.8) is 0 Å². The van der Waals surface area contributed by atoms with Crippen LogP contribution in [0.1, 0.15) is 32.6 Å². The van der Waals surface area contributed by atoms with Crippen LogP contribution in [0.25, 0.3) is 0 Å². The lowest BCUT2D eigenvalue weighted by Gasteiger charge is -2.09. The van der Waals surface area contributed by atoms with Gasteiger partial charge in [-0.2, -0.15) is 0 Å². The molecule has 0 spiro atoms. The van der Waals surface area contributed by atoms with Crippen LogP contribution >= 0.6 is 0 Å². The van der Waals surface area contributed by atoms with Crippen LogP contribution < -0.4 is 0 Å². The van der Waals surface area contributed by atoms with Gasteiger partial charge in [-0.3, -0.25) is 4.79 Å². The number of carbonyl (C=O) groups excluding carboxylic acids is 1. The Labute approximate surface area is 74.2 Å². The molecule has 0 aromatic rings. The molecule has 0 aromatic heterocycles. The van der Waals surface area contributed by atoms with Gasteiger partial charge >= 0.3 is 0 Å². The quantitative estimate of drug-likeness (QED) is 0.628. The Morgan fingerprint density at radius 2 is 2.50 bits per heavy atom. The van der Waals surface area contributed by atoms with Crippen molar-refractivity contribution in [2.24, 2.45) is 5.92 Å². The Morgan fingerprint density at radius 1 is 1.75 bits per heavy atom. The highest BCUT2D eigenvalue weighted by atomic mass is 16.2. The SMILES string of the molecule is C=CN1CCC(CCCC)C1=O. The third-order valence-corrected chi connectivity index (χ3v) is 2.48. The molecule has 1 unspecified atom stereocenters. The van der Waals surface area contributed by atoms with E-state index < -0.39 is 0 Å². The van der Waals surface area contributed by atoms with Crippen molar-refractivity contribution < 1.29 is 4.79 Å². The van der Waals surface area contributed by atoms with Crippen molar-refractivity contribution in [1.29, 1.82) is 0 Å². The molecule has 0 aromatic carbocycles. The predicted molar refractivity (Wildman–Crippen MR) is 49.5 cm³/mol. The monoisotopic (exact) mass is 167 g/mol. The van der Waals surface area contributed by atoms with E-state index in [2.05, 4.69) is 13.5 Å². The molecule has 1 fully saturated rings. The summed E-state index contributed by atoms with van der Waals surface area (Å²) >= 11 is 0. The maximum atomic E-state index is 11.5. The summed E-state index contributed by atoms with van der Waals surface area (Å²) < 4.78 is 0. The molecule has 1 aliphatic heterocycles. The maximum Gasteiger partial charge on any atom is 0.229 e. The van der Waals surface area contributed by atoms with Gasteiger partial charge in [0.1, 0.15) is 0 Å². The van der Waals surface area contributed by atoms with Gasteiger partial charge in [-0.05, 0) is 19.0 Å². The van der Waals surface area contributed by atoms with Crippen LogP contribution in [0.2, 0.25) is 0 Å². The minimum atomic E-state index is 0.276.